The van der Waals surface area contributed by atoms with Crippen molar-refractivity contribution in [2.75, 3.05) is 13.2 Å². The number of carbonyl (C=O) groups excluding carboxylic acids is 2. The summed E-state index contributed by atoms with van der Waals surface area (Å²) in [4.78, 5) is 22.9. The summed E-state index contributed by atoms with van der Waals surface area (Å²) in [5.74, 6) is -1.55. The minimum absolute atomic E-state index is 0.0302. The molecule has 148 valence electrons. The molecule has 1 saturated carbocycles. The second-order valence-electron chi connectivity index (χ2n) is 8.83. The highest BCUT2D eigenvalue weighted by Gasteiger charge is 2.53. The topological polar surface area (TPSA) is 107 Å². The van der Waals surface area contributed by atoms with Gasteiger partial charge in [0.25, 0.3) is 5.91 Å². The smallest absolute Gasteiger partial charge is 0.338 e. The van der Waals surface area contributed by atoms with Crippen molar-refractivity contribution in [3.8, 4) is 0 Å². The van der Waals surface area contributed by atoms with Gasteiger partial charge in [0.15, 0.2) is 6.61 Å². The van der Waals surface area contributed by atoms with E-state index in [4.69, 9.17) is 10.5 Å². The minimum Gasteiger partial charge on any atom is -0.452 e. The monoisotopic (exact) mass is 394 g/mol. The van der Waals surface area contributed by atoms with Gasteiger partial charge in [0.1, 0.15) is 0 Å². The SMILES string of the molecule is CC1(C)C[C@@H]2C[C@](C)(CN2S(=O)(=O)c2cccc(C(=O)OCC(N)=O)c2)C1. The quantitative estimate of drug-likeness (QED) is 0.768. The lowest BCUT2D eigenvalue weighted by molar-refractivity contribution is -0.121. The number of nitrogens with two attached hydrogens (primary N) is 1. The number of rotatable bonds is 5. The van der Waals surface area contributed by atoms with Gasteiger partial charge in [-0.25, -0.2) is 13.2 Å². The first-order valence-electron chi connectivity index (χ1n) is 8.99. The average Bonchev–Trinajstić information content (AvgIpc) is 2.82. The van der Waals surface area contributed by atoms with E-state index in [1.165, 1.54) is 24.3 Å². The fourth-order valence-corrected chi connectivity index (χ4v) is 6.65. The Morgan fingerprint density at radius 2 is 1.96 bits per heavy atom. The van der Waals surface area contributed by atoms with Gasteiger partial charge in [-0.2, -0.15) is 4.31 Å². The van der Waals surface area contributed by atoms with E-state index in [2.05, 4.69) is 20.8 Å². The van der Waals surface area contributed by atoms with Crippen molar-refractivity contribution >= 4 is 21.9 Å². The molecule has 0 radical (unpaired) electrons. The lowest BCUT2D eigenvalue weighted by atomic mass is 9.65. The van der Waals surface area contributed by atoms with Crippen molar-refractivity contribution in [2.24, 2.45) is 16.6 Å². The molecule has 27 heavy (non-hydrogen) atoms. The maximum absolute atomic E-state index is 13.3. The zero-order valence-electron chi connectivity index (χ0n) is 15.9. The number of esters is 1. The van der Waals surface area contributed by atoms with Crippen LogP contribution in [0.5, 0.6) is 0 Å². The summed E-state index contributed by atoms with van der Waals surface area (Å²) in [5, 5.41) is 0. The van der Waals surface area contributed by atoms with E-state index in [1.807, 2.05) is 0 Å². The second kappa shape index (κ2) is 6.60. The largest absolute Gasteiger partial charge is 0.452 e. The number of primary amides is 1. The Balaban J connectivity index is 1.87. The molecule has 0 spiro atoms. The lowest BCUT2D eigenvalue weighted by Gasteiger charge is -2.39. The summed E-state index contributed by atoms with van der Waals surface area (Å²) >= 11 is 0. The van der Waals surface area contributed by atoms with Gasteiger partial charge in [0, 0.05) is 12.6 Å². The van der Waals surface area contributed by atoms with Crippen LogP contribution in [0.2, 0.25) is 0 Å². The molecule has 1 aromatic carbocycles. The number of fused-ring (bicyclic) bond motifs is 2. The summed E-state index contributed by atoms with van der Waals surface area (Å²) < 4.78 is 32.9. The first-order valence-corrected chi connectivity index (χ1v) is 10.4. The second-order valence-corrected chi connectivity index (χ2v) is 10.7. The Morgan fingerprint density at radius 1 is 1.26 bits per heavy atom. The molecule has 2 aliphatic rings. The van der Waals surface area contributed by atoms with Crippen LogP contribution in [0, 0.1) is 10.8 Å². The molecule has 3 rings (SSSR count). The van der Waals surface area contributed by atoms with Gasteiger partial charge < -0.3 is 10.5 Å². The Labute approximate surface area is 159 Å². The summed E-state index contributed by atoms with van der Waals surface area (Å²) in [6.07, 6.45) is 2.67. The normalized spacial score (nSPS) is 27.3. The Bertz CT molecular complexity index is 880. The lowest BCUT2D eigenvalue weighted by Crippen LogP contribution is -2.37. The first-order chi connectivity index (χ1) is 12.4. The molecule has 0 unspecified atom stereocenters. The number of benzene rings is 1. The molecule has 2 N–H and O–H groups in total. The Hall–Kier alpha value is -1.93. The van der Waals surface area contributed by atoms with Crippen LogP contribution in [0.4, 0.5) is 0 Å². The van der Waals surface area contributed by atoms with E-state index in [9.17, 15) is 18.0 Å². The first kappa shape index (κ1) is 19.8. The van der Waals surface area contributed by atoms with Gasteiger partial charge in [-0.05, 0) is 48.3 Å². The molecular formula is C19H26N2O5S. The summed E-state index contributed by atoms with van der Waals surface area (Å²) in [6.45, 7) is 6.46. The highest BCUT2D eigenvalue weighted by molar-refractivity contribution is 7.89. The van der Waals surface area contributed by atoms with E-state index < -0.39 is 28.5 Å². The summed E-state index contributed by atoms with van der Waals surface area (Å²) in [6, 6.07) is 5.70. The van der Waals surface area contributed by atoms with Crippen molar-refractivity contribution in [1.29, 1.82) is 0 Å². The summed E-state index contributed by atoms with van der Waals surface area (Å²) in [7, 11) is -3.73. The molecule has 8 heteroatoms. The maximum Gasteiger partial charge on any atom is 0.338 e. The molecule has 1 aliphatic carbocycles. The zero-order valence-corrected chi connectivity index (χ0v) is 16.7. The highest BCUT2D eigenvalue weighted by atomic mass is 32.2. The molecule has 1 aromatic rings. The molecule has 0 aromatic heterocycles. The Morgan fingerprint density at radius 3 is 2.63 bits per heavy atom. The number of sulfonamides is 1. The molecule has 1 aliphatic heterocycles. The van der Waals surface area contributed by atoms with E-state index in [0.29, 0.717) is 6.54 Å². The predicted molar refractivity (Wildman–Crippen MR) is 99.3 cm³/mol. The van der Waals surface area contributed by atoms with Gasteiger partial charge >= 0.3 is 5.97 Å². The number of hydrogen-bond donors (Lipinski definition) is 1. The van der Waals surface area contributed by atoms with Crippen molar-refractivity contribution in [3.63, 3.8) is 0 Å². The number of carbonyl (C=O) groups is 2. The number of amides is 1. The molecule has 7 nitrogen and oxygen atoms in total. The van der Waals surface area contributed by atoms with E-state index >= 15 is 0 Å². The third kappa shape index (κ3) is 4.01. The van der Waals surface area contributed by atoms with Crippen LogP contribution < -0.4 is 5.73 Å². The number of hydrogen-bond acceptors (Lipinski definition) is 5. The molecule has 1 saturated heterocycles. The van der Waals surface area contributed by atoms with Crippen LogP contribution in [-0.2, 0) is 19.6 Å². The Kier molecular flexibility index (Phi) is 4.84. The van der Waals surface area contributed by atoms with Gasteiger partial charge in [-0.3, -0.25) is 4.79 Å². The van der Waals surface area contributed by atoms with Gasteiger partial charge in [0.05, 0.1) is 10.5 Å². The fraction of sp³-hybridized carbons (Fsp3) is 0.579. The van der Waals surface area contributed by atoms with E-state index in [1.54, 1.807) is 4.31 Å². The molecule has 2 atom stereocenters. The zero-order chi connectivity index (χ0) is 20.0. The third-order valence-electron chi connectivity index (χ3n) is 5.39. The highest BCUT2D eigenvalue weighted by Crippen LogP contribution is 2.53. The molecular weight excluding hydrogens is 368 g/mol. The van der Waals surface area contributed by atoms with Gasteiger partial charge in [-0.1, -0.05) is 26.8 Å². The van der Waals surface area contributed by atoms with Crippen molar-refractivity contribution in [3.05, 3.63) is 29.8 Å². The standard InChI is InChI=1S/C19H26N2O5S/c1-18(2)8-14-9-19(3,11-18)12-21(14)27(24,25)15-6-4-5-13(7-15)17(23)26-10-16(20)22/h4-7,14H,8-12H2,1-3H3,(H2,20,22)/t14-,19+/m1/s1. The van der Waals surface area contributed by atoms with E-state index in [-0.39, 0.29) is 27.3 Å². The fourth-order valence-electron chi connectivity index (χ4n) is 4.83. The van der Waals surface area contributed by atoms with Crippen molar-refractivity contribution in [2.45, 2.75) is 51.0 Å². The van der Waals surface area contributed by atoms with Crippen LogP contribution in [-0.4, -0.2) is 43.8 Å². The van der Waals surface area contributed by atoms with Crippen LogP contribution >= 0.6 is 0 Å². The molecule has 1 heterocycles. The van der Waals surface area contributed by atoms with Crippen LogP contribution in [0.3, 0.4) is 0 Å². The van der Waals surface area contributed by atoms with Crippen LogP contribution in [0.1, 0.15) is 50.4 Å². The van der Waals surface area contributed by atoms with Crippen LogP contribution in [0.25, 0.3) is 0 Å². The number of nitrogens with zero attached hydrogens (tertiary/aromatic N) is 1. The number of ether oxygens (including phenoxy) is 1. The summed E-state index contributed by atoms with van der Waals surface area (Å²) in [5.41, 5.74) is 5.11. The van der Waals surface area contributed by atoms with Crippen molar-refractivity contribution in [1.82, 2.24) is 4.31 Å². The van der Waals surface area contributed by atoms with Gasteiger partial charge in [-0.15, -0.1) is 0 Å². The minimum atomic E-state index is -3.73. The third-order valence-corrected chi connectivity index (χ3v) is 7.28. The van der Waals surface area contributed by atoms with Crippen LogP contribution in [0.15, 0.2) is 29.2 Å². The molecule has 1 amide bonds. The van der Waals surface area contributed by atoms with E-state index in [0.717, 1.165) is 19.3 Å². The maximum atomic E-state index is 13.3. The van der Waals surface area contributed by atoms with Gasteiger partial charge in [0.2, 0.25) is 10.0 Å². The molecule has 2 bridgehead atoms. The predicted octanol–water partition coefficient (Wildman–Crippen LogP) is 1.92. The van der Waals surface area contributed by atoms with Crippen molar-refractivity contribution < 1.29 is 22.7 Å². The average molecular weight is 394 g/mol. The molecule has 2 fully saturated rings.